The van der Waals surface area contributed by atoms with Gasteiger partial charge in [0.15, 0.2) is 0 Å². The topological polar surface area (TPSA) is 182 Å². The van der Waals surface area contributed by atoms with Gasteiger partial charge in [-0.2, -0.15) is 4.98 Å². The van der Waals surface area contributed by atoms with Gasteiger partial charge in [0, 0.05) is 11.0 Å². The molecule has 0 spiro atoms. The molecular formula is C39H64N6O5. The lowest BCUT2D eigenvalue weighted by Crippen LogP contribution is -2.70. The van der Waals surface area contributed by atoms with Gasteiger partial charge in [0.25, 0.3) is 5.91 Å². The first kappa shape index (κ1) is 37.3. The van der Waals surface area contributed by atoms with E-state index in [1.807, 2.05) is 6.92 Å². The van der Waals surface area contributed by atoms with E-state index < -0.39 is 46.3 Å². The number of anilines is 1. The third kappa shape index (κ3) is 5.06. The molecule has 6 rings (SSSR count). The number of hydrogen-bond donors (Lipinski definition) is 4. The third-order valence-electron chi connectivity index (χ3n) is 16.1. The number of aromatic nitrogens is 3. The van der Waals surface area contributed by atoms with Gasteiger partial charge >= 0.3 is 5.97 Å². The largest absolute Gasteiger partial charge is 0.481 e. The molecule has 7 N–H and O–H groups in total. The number of amides is 1. The molecule has 0 radical (unpaired) electrons. The Morgan fingerprint density at radius 1 is 1.10 bits per heavy atom. The fraction of sp³-hybridized carbons (Fsp3) is 0.846. The Morgan fingerprint density at radius 3 is 2.38 bits per heavy atom. The van der Waals surface area contributed by atoms with Crippen molar-refractivity contribution in [3.8, 4) is 0 Å². The van der Waals surface area contributed by atoms with Crippen molar-refractivity contribution in [2.45, 2.75) is 125 Å². The molecule has 1 amide bonds. The van der Waals surface area contributed by atoms with E-state index >= 15 is 0 Å². The zero-order chi connectivity index (χ0) is 37.0. The first-order valence-corrected chi connectivity index (χ1v) is 19.0. The molecule has 280 valence electrons. The van der Waals surface area contributed by atoms with Crippen molar-refractivity contribution in [1.29, 1.82) is 0 Å². The Balaban J connectivity index is 1.55. The minimum absolute atomic E-state index is 0.00291. The van der Waals surface area contributed by atoms with Crippen LogP contribution in [0.25, 0.3) is 0 Å². The number of fused-ring (bicyclic) bond motifs is 3. The summed E-state index contributed by atoms with van der Waals surface area (Å²) in [5, 5.41) is 15.7. The van der Waals surface area contributed by atoms with Gasteiger partial charge < -0.3 is 31.8 Å². The molecule has 4 aliphatic carbocycles. The molecule has 11 heteroatoms. The van der Waals surface area contributed by atoms with Crippen LogP contribution in [0.15, 0.2) is 11.6 Å². The number of rotatable bonds is 9. The maximum atomic E-state index is 13.5. The van der Waals surface area contributed by atoms with Crippen molar-refractivity contribution >= 4 is 17.8 Å². The first-order valence-electron chi connectivity index (χ1n) is 19.0. The molecule has 3 saturated carbocycles. The van der Waals surface area contributed by atoms with Crippen LogP contribution in [0.4, 0.5) is 5.95 Å². The van der Waals surface area contributed by atoms with Crippen LogP contribution in [0.5, 0.6) is 0 Å². The van der Waals surface area contributed by atoms with Gasteiger partial charge in [0.05, 0.1) is 37.9 Å². The molecule has 5 aliphatic rings. The zero-order valence-corrected chi connectivity index (χ0v) is 32.2. The van der Waals surface area contributed by atoms with Crippen molar-refractivity contribution < 1.29 is 24.2 Å². The van der Waals surface area contributed by atoms with Crippen LogP contribution in [-0.4, -0.2) is 63.2 Å². The molecule has 2 bridgehead atoms. The number of allylic oxidation sites excluding steroid dienone is 1. The smallest absolute Gasteiger partial charge is 0.307 e. The highest BCUT2D eigenvalue weighted by Gasteiger charge is 2.73. The van der Waals surface area contributed by atoms with Crippen LogP contribution in [0.1, 0.15) is 124 Å². The van der Waals surface area contributed by atoms with Gasteiger partial charge in [-0.3, -0.25) is 9.59 Å². The van der Waals surface area contributed by atoms with Crippen molar-refractivity contribution in [2.75, 3.05) is 25.6 Å². The summed E-state index contributed by atoms with van der Waals surface area (Å²) in [4.78, 5) is 30.6. The van der Waals surface area contributed by atoms with Crippen molar-refractivity contribution in [2.24, 2.45) is 74.0 Å². The number of nitrogens with zero attached hydrogens (tertiary/aromatic N) is 3. The predicted molar refractivity (Wildman–Crippen MR) is 193 cm³/mol. The lowest BCUT2D eigenvalue weighted by molar-refractivity contribution is -0.254. The SMILES string of the molecule is CC(C)[C@@H](C)[C@@]1(C)CC[C@]2(C)[C@H]3CC[C@@H]4[C@@]5(C)COC[C@@]4(C3=CC[C@@]2(C)[C@@H]1C(=O)O)[C@@H](OC[C@](C)(N)C(C)C)[C@H](n1nc(N)nc1C(N)=O)C5. The van der Waals surface area contributed by atoms with E-state index in [1.54, 1.807) is 4.68 Å². The minimum atomic E-state index is -0.688. The summed E-state index contributed by atoms with van der Waals surface area (Å²) < 4.78 is 15.5. The number of primary amides is 1. The molecule has 2 heterocycles. The number of nitrogen functional groups attached to an aromatic ring is 1. The van der Waals surface area contributed by atoms with Gasteiger partial charge in [0.1, 0.15) is 0 Å². The summed E-state index contributed by atoms with van der Waals surface area (Å²) in [5.74, 6) is -0.660. The molecule has 12 atom stereocenters. The Hall–Kier alpha value is -2.50. The van der Waals surface area contributed by atoms with Crippen LogP contribution in [0, 0.1) is 62.6 Å². The molecule has 1 saturated heterocycles. The maximum Gasteiger partial charge on any atom is 0.307 e. The summed E-state index contributed by atoms with van der Waals surface area (Å²) in [6.45, 7) is 23.5. The van der Waals surface area contributed by atoms with E-state index in [1.165, 1.54) is 5.57 Å². The van der Waals surface area contributed by atoms with Crippen molar-refractivity contribution in [1.82, 2.24) is 14.8 Å². The number of carbonyl (C=O) groups is 2. The van der Waals surface area contributed by atoms with Gasteiger partial charge in [-0.25, -0.2) is 4.68 Å². The van der Waals surface area contributed by atoms with Gasteiger partial charge in [-0.1, -0.05) is 74.0 Å². The molecule has 0 aromatic carbocycles. The lowest BCUT2D eigenvalue weighted by atomic mass is 9.34. The van der Waals surface area contributed by atoms with E-state index in [0.29, 0.717) is 38.6 Å². The van der Waals surface area contributed by atoms with Crippen LogP contribution in [0.3, 0.4) is 0 Å². The van der Waals surface area contributed by atoms with E-state index in [2.05, 4.69) is 78.5 Å². The van der Waals surface area contributed by atoms with Crippen LogP contribution >= 0.6 is 0 Å². The van der Waals surface area contributed by atoms with E-state index in [0.717, 1.165) is 25.7 Å². The number of carbonyl (C=O) groups excluding carboxylic acids is 1. The molecule has 1 aromatic rings. The molecule has 50 heavy (non-hydrogen) atoms. The Labute approximate surface area is 298 Å². The second-order valence-corrected chi connectivity index (χ2v) is 19.1. The minimum Gasteiger partial charge on any atom is -0.481 e. The highest BCUT2D eigenvalue weighted by Crippen LogP contribution is 2.75. The summed E-state index contributed by atoms with van der Waals surface area (Å²) in [6.07, 6.45) is 7.04. The Morgan fingerprint density at radius 2 is 1.78 bits per heavy atom. The van der Waals surface area contributed by atoms with Crippen molar-refractivity contribution in [3.63, 3.8) is 0 Å². The number of nitrogens with two attached hydrogens (primary N) is 3. The number of aliphatic carboxylic acids is 1. The Kier molecular flexibility index (Phi) is 8.96. The number of hydrogen-bond acceptors (Lipinski definition) is 8. The number of carboxylic acids is 1. The molecule has 0 unspecified atom stereocenters. The monoisotopic (exact) mass is 696 g/mol. The van der Waals surface area contributed by atoms with Gasteiger partial charge in [0.2, 0.25) is 11.8 Å². The van der Waals surface area contributed by atoms with Crippen LogP contribution < -0.4 is 17.2 Å². The Bertz CT molecular complexity index is 1550. The second-order valence-electron chi connectivity index (χ2n) is 19.1. The van der Waals surface area contributed by atoms with Gasteiger partial charge in [-0.05, 0) is 96.7 Å². The molecular weight excluding hydrogens is 632 g/mol. The quantitative estimate of drug-likeness (QED) is 0.230. The summed E-state index contributed by atoms with van der Waals surface area (Å²) >= 11 is 0. The van der Waals surface area contributed by atoms with Gasteiger partial charge in [-0.15, -0.1) is 5.10 Å². The number of carboxylic acid groups (broad SMARTS) is 1. The number of ether oxygens (including phenoxy) is 2. The lowest BCUT2D eigenvalue weighted by Gasteiger charge is -2.71. The van der Waals surface area contributed by atoms with E-state index in [9.17, 15) is 14.7 Å². The summed E-state index contributed by atoms with van der Waals surface area (Å²) in [7, 11) is 0. The van der Waals surface area contributed by atoms with Crippen molar-refractivity contribution in [3.05, 3.63) is 17.5 Å². The standard InChI is InChI=1S/C39H64N6O5/c1-21(2)23(5)35(7)15-16-36(8)24-11-12-27-34(6)17-26(45-31(30(40)46)43-33(41)44-45)29(50-19-38(10,42)22(3)4)39(27,20-49-18-34)25(24)13-14-37(36,9)28(35)32(47)48/h13,21-24,26-29H,11-12,14-20,42H2,1-10H3,(H2,40,46)(H2,41,44)(H,47,48)/t23-,24+,26-,27-,28-,29+,34-,35-,36-,37+,38+,39+/m1/s1. The molecule has 1 aromatic heterocycles. The second kappa shape index (κ2) is 12.0. The van der Waals surface area contributed by atoms with Crippen LogP contribution in [-0.2, 0) is 14.3 Å². The van der Waals surface area contributed by atoms with E-state index in [-0.39, 0.29) is 51.7 Å². The van der Waals surface area contributed by atoms with Crippen LogP contribution in [0.2, 0.25) is 0 Å². The maximum absolute atomic E-state index is 13.5. The fourth-order valence-corrected chi connectivity index (χ4v) is 12.3. The fourth-order valence-electron chi connectivity index (χ4n) is 12.3. The average Bonchev–Trinajstić information content (AvgIpc) is 3.41. The summed E-state index contributed by atoms with van der Waals surface area (Å²) in [5.41, 5.74) is 17.8. The highest BCUT2D eigenvalue weighted by atomic mass is 16.5. The summed E-state index contributed by atoms with van der Waals surface area (Å²) in [6, 6.07) is -0.399. The molecule has 4 fully saturated rings. The average molecular weight is 697 g/mol. The molecule has 11 nitrogen and oxygen atoms in total. The van der Waals surface area contributed by atoms with E-state index in [4.69, 9.17) is 26.7 Å². The normalized spacial score (nSPS) is 42.9. The predicted octanol–water partition coefficient (Wildman–Crippen LogP) is 5.85. The third-order valence-corrected chi connectivity index (χ3v) is 16.1. The highest BCUT2D eigenvalue weighted by molar-refractivity contribution is 5.89. The zero-order valence-electron chi connectivity index (χ0n) is 32.2. The first-order chi connectivity index (χ1) is 23.1. The molecule has 1 aliphatic heterocycles.